The summed E-state index contributed by atoms with van der Waals surface area (Å²) in [5, 5.41) is 0. The Hall–Kier alpha value is 0.0500. The Bertz CT molecular complexity index is 650. The van der Waals surface area contributed by atoms with Crippen LogP contribution in [0.25, 0.3) is 0 Å². The summed E-state index contributed by atoms with van der Waals surface area (Å²) in [5.74, 6) is 2.55. The lowest BCUT2D eigenvalue weighted by Gasteiger charge is -2.56. The minimum atomic E-state index is -3.41. The summed E-state index contributed by atoms with van der Waals surface area (Å²) in [5.41, 5.74) is 0.0478. The summed E-state index contributed by atoms with van der Waals surface area (Å²) >= 11 is 4.52. The van der Waals surface area contributed by atoms with Crippen LogP contribution in [0.5, 0.6) is 0 Å². The highest BCUT2D eigenvalue weighted by atomic mass is 79.9. The highest BCUT2D eigenvalue weighted by molar-refractivity contribution is 9.11. The Balaban J connectivity index is 1.31. The summed E-state index contributed by atoms with van der Waals surface area (Å²) in [6.07, 6.45) is 7.73. The molecule has 0 radical (unpaired) electrons. The molecule has 1 N–H and O–H groups in total. The van der Waals surface area contributed by atoms with Crippen molar-refractivity contribution in [2.45, 2.75) is 48.3 Å². The zero-order valence-electron chi connectivity index (χ0n) is 13.0. The standard InChI is InChI=1S/C16H22BrNO3S2/c17-14-1-2-15(22-14)23(19,20)18-3-4-21-16-8-11-5-12(9-16)7-13(6-11)10-16/h1-2,11-13,18H,3-10H2. The first-order valence-electron chi connectivity index (χ1n) is 8.33. The molecule has 4 aliphatic rings. The molecule has 0 saturated heterocycles. The van der Waals surface area contributed by atoms with Crippen LogP contribution in [0.3, 0.4) is 0 Å². The summed E-state index contributed by atoms with van der Waals surface area (Å²) in [6, 6.07) is 3.38. The monoisotopic (exact) mass is 419 g/mol. The largest absolute Gasteiger partial charge is 0.374 e. The fourth-order valence-electron chi connectivity index (χ4n) is 5.16. The van der Waals surface area contributed by atoms with Crippen LogP contribution in [0.4, 0.5) is 0 Å². The van der Waals surface area contributed by atoms with Gasteiger partial charge in [-0.3, -0.25) is 0 Å². The maximum absolute atomic E-state index is 12.2. The predicted molar refractivity (Wildman–Crippen MR) is 94.1 cm³/mol. The first-order chi connectivity index (χ1) is 10.9. The van der Waals surface area contributed by atoms with E-state index in [1.165, 1.54) is 49.9 Å². The van der Waals surface area contributed by atoms with E-state index in [1.54, 1.807) is 12.1 Å². The van der Waals surface area contributed by atoms with Crippen molar-refractivity contribution in [3.05, 3.63) is 15.9 Å². The molecular formula is C16H22BrNO3S2. The highest BCUT2D eigenvalue weighted by Gasteiger charge is 2.51. The maximum Gasteiger partial charge on any atom is 0.250 e. The molecule has 1 aromatic rings. The van der Waals surface area contributed by atoms with Gasteiger partial charge in [-0.05, 0) is 84.3 Å². The zero-order chi connectivity index (χ0) is 16.1. The van der Waals surface area contributed by atoms with E-state index in [4.69, 9.17) is 4.74 Å². The minimum Gasteiger partial charge on any atom is -0.374 e. The number of thiophene rings is 1. The van der Waals surface area contributed by atoms with Crippen molar-refractivity contribution in [1.29, 1.82) is 0 Å². The lowest BCUT2D eigenvalue weighted by molar-refractivity contribution is -0.160. The molecule has 23 heavy (non-hydrogen) atoms. The fraction of sp³-hybridized carbons (Fsp3) is 0.750. The third-order valence-corrected chi connectivity index (χ3v) is 9.17. The Morgan fingerprint density at radius 1 is 1.17 bits per heavy atom. The van der Waals surface area contributed by atoms with E-state index in [0.29, 0.717) is 17.4 Å². The van der Waals surface area contributed by atoms with Crippen LogP contribution in [0.2, 0.25) is 0 Å². The first kappa shape index (κ1) is 16.5. The highest BCUT2D eigenvalue weighted by Crippen LogP contribution is 2.57. The molecule has 0 amide bonds. The average Bonchev–Trinajstić information content (AvgIpc) is 2.90. The van der Waals surface area contributed by atoms with Crippen molar-refractivity contribution in [1.82, 2.24) is 4.72 Å². The van der Waals surface area contributed by atoms with Gasteiger partial charge in [0.2, 0.25) is 10.0 Å². The van der Waals surface area contributed by atoms with Crippen molar-refractivity contribution >= 4 is 37.3 Å². The molecule has 1 aromatic heterocycles. The zero-order valence-corrected chi connectivity index (χ0v) is 16.2. The lowest BCUT2D eigenvalue weighted by atomic mass is 9.54. The number of ether oxygens (including phenoxy) is 1. The van der Waals surface area contributed by atoms with Crippen molar-refractivity contribution in [2.24, 2.45) is 17.8 Å². The molecule has 5 rings (SSSR count). The molecule has 0 aliphatic heterocycles. The van der Waals surface area contributed by atoms with Crippen LogP contribution in [0, 0.1) is 17.8 Å². The van der Waals surface area contributed by atoms with Gasteiger partial charge in [0.1, 0.15) is 4.21 Å². The van der Waals surface area contributed by atoms with E-state index < -0.39 is 10.0 Å². The Labute approximate surface area is 150 Å². The second-order valence-corrected chi connectivity index (χ2v) is 11.9. The summed E-state index contributed by atoms with van der Waals surface area (Å²) in [4.78, 5) is 0. The number of sulfonamides is 1. The first-order valence-corrected chi connectivity index (χ1v) is 11.4. The predicted octanol–water partition coefficient (Wildman–Crippen LogP) is 3.77. The molecule has 0 aromatic carbocycles. The van der Waals surface area contributed by atoms with E-state index in [2.05, 4.69) is 20.7 Å². The van der Waals surface area contributed by atoms with Gasteiger partial charge in [0, 0.05) is 6.54 Å². The number of nitrogens with one attached hydrogen (secondary N) is 1. The number of hydrogen-bond donors (Lipinski definition) is 1. The number of rotatable bonds is 6. The number of hydrogen-bond acceptors (Lipinski definition) is 4. The lowest BCUT2D eigenvalue weighted by Crippen LogP contribution is -2.52. The Morgan fingerprint density at radius 2 is 1.78 bits per heavy atom. The van der Waals surface area contributed by atoms with Crippen molar-refractivity contribution in [3.63, 3.8) is 0 Å². The fourth-order valence-corrected chi connectivity index (χ4v) is 8.23. The van der Waals surface area contributed by atoms with Gasteiger partial charge in [0.15, 0.2) is 0 Å². The van der Waals surface area contributed by atoms with Crippen molar-refractivity contribution < 1.29 is 13.2 Å². The quantitative estimate of drug-likeness (QED) is 0.713. The molecule has 0 unspecified atom stereocenters. The third kappa shape index (κ3) is 3.40. The Morgan fingerprint density at radius 3 is 2.30 bits per heavy atom. The molecule has 7 heteroatoms. The van der Waals surface area contributed by atoms with E-state index in [-0.39, 0.29) is 5.60 Å². The second kappa shape index (κ2) is 6.09. The van der Waals surface area contributed by atoms with Crippen molar-refractivity contribution in [2.75, 3.05) is 13.2 Å². The van der Waals surface area contributed by atoms with Gasteiger partial charge in [-0.15, -0.1) is 11.3 Å². The molecule has 4 saturated carbocycles. The smallest absolute Gasteiger partial charge is 0.250 e. The molecule has 0 atom stereocenters. The topological polar surface area (TPSA) is 55.4 Å². The average molecular weight is 420 g/mol. The molecular weight excluding hydrogens is 398 g/mol. The van der Waals surface area contributed by atoms with Crippen molar-refractivity contribution in [3.8, 4) is 0 Å². The van der Waals surface area contributed by atoms with Crippen LogP contribution in [-0.2, 0) is 14.8 Å². The SMILES string of the molecule is O=S(=O)(NCCOC12CC3CC(CC(C3)C1)C2)c1ccc(Br)s1. The normalized spacial score (nSPS) is 35.8. The van der Waals surface area contributed by atoms with Crippen LogP contribution in [0.1, 0.15) is 38.5 Å². The molecule has 4 nitrogen and oxygen atoms in total. The summed E-state index contributed by atoms with van der Waals surface area (Å²) in [7, 11) is -3.41. The summed E-state index contributed by atoms with van der Waals surface area (Å²) in [6.45, 7) is 0.817. The second-order valence-electron chi connectivity index (χ2n) is 7.41. The molecule has 0 spiro atoms. The van der Waals surface area contributed by atoms with Gasteiger partial charge < -0.3 is 4.74 Å². The molecule has 1 heterocycles. The molecule has 4 bridgehead atoms. The van der Waals surface area contributed by atoms with Crippen LogP contribution in [0.15, 0.2) is 20.1 Å². The Kier molecular flexibility index (Phi) is 4.37. The van der Waals surface area contributed by atoms with Gasteiger partial charge >= 0.3 is 0 Å². The van der Waals surface area contributed by atoms with Crippen LogP contribution in [-0.4, -0.2) is 27.2 Å². The van der Waals surface area contributed by atoms with E-state index >= 15 is 0 Å². The third-order valence-electron chi connectivity index (χ3n) is 5.60. The van der Waals surface area contributed by atoms with Gasteiger partial charge in [-0.25, -0.2) is 13.1 Å². The summed E-state index contributed by atoms with van der Waals surface area (Å²) < 4.78 is 34.5. The maximum atomic E-state index is 12.2. The van der Waals surface area contributed by atoms with Gasteiger partial charge in [0.05, 0.1) is 16.0 Å². The van der Waals surface area contributed by atoms with E-state index in [1.807, 2.05) is 0 Å². The number of halogens is 1. The molecule has 4 fully saturated rings. The van der Waals surface area contributed by atoms with E-state index in [9.17, 15) is 8.42 Å². The van der Waals surface area contributed by atoms with Gasteiger partial charge in [-0.2, -0.15) is 0 Å². The van der Waals surface area contributed by atoms with Gasteiger partial charge in [0.25, 0.3) is 0 Å². The minimum absolute atomic E-state index is 0.0478. The molecule has 4 aliphatic carbocycles. The van der Waals surface area contributed by atoms with Gasteiger partial charge in [-0.1, -0.05) is 0 Å². The van der Waals surface area contributed by atoms with Crippen LogP contribution < -0.4 is 4.72 Å². The van der Waals surface area contributed by atoms with Crippen LogP contribution >= 0.6 is 27.3 Å². The van der Waals surface area contributed by atoms with E-state index in [0.717, 1.165) is 21.5 Å². The molecule has 128 valence electrons.